The van der Waals surface area contributed by atoms with Crippen molar-refractivity contribution in [2.45, 2.75) is 6.54 Å². The van der Waals surface area contributed by atoms with Crippen molar-refractivity contribution >= 4 is 33.0 Å². The topological polar surface area (TPSA) is 24.9 Å². The highest BCUT2D eigenvalue weighted by atomic mass is 79.9. The Morgan fingerprint density at radius 2 is 2.19 bits per heavy atom. The van der Waals surface area contributed by atoms with E-state index in [-0.39, 0.29) is 5.69 Å². The molecule has 0 fully saturated rings. The Bertz CT molecular complexity index is 465. The number of halogens is 3. The molecule has 2 rings (SSSR count). The van der Waals surface area contributed by atoms with E-state index >= 15 is 0 Å². The van der Waals surface area contributed by atoms with Crippen LogP contribution in [0.15, 0.2) is 27.5 Å². The van der Waals surface area contributed by atoms with Crippen molar-refractivity contribution in [2.75, 3.05) is 5.32 Å². The molecule has 0 radical (unpaired) electrons. The standard InChI is InChI=1S/C10H7BrF2N2S/c11-8-1-6(12)2-9(13)10(8)14-3-7-4-16-5-15-7/h1-2,4-5,14H,3H2. The van der Waals surface area contributed by atoms with E-state index in [2.05, 4.69) is 26.2 Å². The molecule has 0 bridgehead atoms. The van der Waals surface area contributed by atoms with Crippen molar-refractivity contribution in [3.63, 3.8) is 0 Å². The minimum absolute atomic E-state index is 0.245. The van der Waals surface area contributed by atoms with Gasteiger partial charge in [0.1, 0.15) is 11.6 Å². The number of nitrogens with one attached hydrogen (secondary N) is 1. The molecule has 0 spiro atoms. The van der Waals surface area contributed by atoms with Gasteiger partial charge in [0.2, 0.25) is 0 Å². The first-order chi connectivity index (χ1) is 7.66. The van der Waals surface area contributed by atoms with E-state index in [0.717, 1.165) is 11.8 Å². The average molecular weight is 305 g/mol. The first kappa shape index (κ1) is 11.5. The van der Waals surface area contributed by atoms with Crippen molar-refractivity contribution in [3.8, 4) is 0 Å². The zero-order valence-corrected chi connectivity index (χ0v) is 10.4. The lowest BCUT2D eigenvalue weighted by atomic mass is 10.3. The summed E-state index contributed by atoms with van der Waals surface area (Å²) in [5, 5.41) is 4.73. The lowest BCUT2D eigenvalue weighted by Gasteiger charge is -2.08. The molecule has 0 aliphatic heterocycles. The molecular formula is C10H7BrF2N2S. The first-order valence-corrected chi connectivity index (χ1v) is 6.16. The molecule has 1 aromatic carbocycles. The number of nitrogens with zero attached hydrogens (tertiary/aromatic N) is 1. The van der Waals surface area contributed by atoms with Crippen LogP contribution < -0.4 is 5.32 Å². The Kier molecular flexibility index (Phi) is 3.50. The van der Waals surface area contributed by atoms with Crippen molar-refractivity contribution < 1.29 is 8.78 Å². The summed E-state index contributed by atoms with van der Waals surface area (Å²) in [7, 11) is 0. The molecule has 0 aliphatic carbocycles. The van der Waals surface area contributed by atoms with Gasteiger partial charge in [-0.05, 0) is 22.0 Å². The lowest BCUT2D eigenvalue weighted by molar-refractivity contribution is 0.583. The van der Waals surface area contributed by atoms with Crippen LogP contribution in [0.5, 0.6) is 0 Å². The molecule has 2 nitrogen and oxygen atoms in total. The van der Waals surface area contributed by atoms with E-state index in [0.29, 0.717) is 11.0 Å². The second-order valence-corrected chi connectivity index (χ2v) is 4.65. The zero-order chi connectivity index (χ0) is 11.5. The fourth-order valence-electron chi connectivity index (χ4n) is 1.21. The number of hydrogen-bond acceptors (Lipinski definition) is 3. The van der Waals surface area contributed by atoms with Crippen LogP contribution in [0.2, 0.25) is 0 Å². The van der Waals surface area contributed by atoms with Crippen molar-refractivity contribution in [2.24, 2.45) is 0 Å². The van der Waals surface area contributed by atoms with Crippen molar-refractivity contribution in [1.82, 2.24) is 4.98 Å². The third kappa shape index (κ3) is 2.56. The molecule has 1 aromatic heterocycles. The molecule has 0 saturated carbocycles. The van der Waals surface area contributed by atoms with Crippen LogP contribution in [0.1, 0.15) is 5.69 Å². The number of thiazole rings is 1. The second-order valence-electron chi connectivity index (χ2n) is 3.08. The van der Waals surface area contributed by atoms with Gasteiger partial charge in [-0.25, -0.2) is 13.8 Å². The molecule has 0 aliphatic rings. The van der Waals surface area contributed by atoms with Crippen molar-refractivity contribution in [3.05, 3.63) is 44.8 Å². The van der Waals surface area contributed by atoms with E-state index in [1.165, 1.54) is 17.4 Å². The van der Waals surface area contributed by atoms with Gasteiger partial charge in [-0.15, -0.1) is 11.3 Å². The normalized spacial score (nSPS) is 10.4. The molecule has 0 amide bonds. The number of rotatable bonds is 3. The molecule has 6 heteroatoms. The van der Waals surface area contributed by atoms with Gasteiger partial charge >= 0.3 is 0 Å². The quantitative estimate of drug-likeness (QED) is 0.933. The molecule has 0 saturated heterocycles. The highest BCUT2D eigenvalue weighted by molar-refractivity contribution is 9.10. The predicted octanol–water partition coefficient (Wildman–Crippen LogP) is 3.80. The SMILES string of the molecule is Fc1cc(F)c(NCc2cscn2)c(Br)c1. The lowest BCUT2D eigenvalue weighted by Crippen LogP contribution is -2.03. The van der Waals surface area contributed by atoms with Crippen LogP contribution >= 0.6 is 27.3 Å². The Hall–Kier alpha value is -1.01. The van der Waals surface area contributed by atoms with Crippen LogP contribution in [0.3, 0.4) is 0 Å². The van der Waals surface area contributed by atoms with Crippen LogP contribution in [-0.4, -0.2) is 4.98 Å². The molecule has 0 unspecified atom stereocenters. The first-order valence-electron chi connectivity index (χ1n) is 4.42. The average Bonchev–Trinajstić information content (AvgIpc) is 2.68. The fraction of sp³-hybridized carbons (Fsp3) is 0.100. The summed E-state index contributed by atoms with van der Waals surface area (Å²) in [6.45, 7) is 0.407. The van der Waals surface area contributed by atoms with Gasteiger partial charge < -0.3 is 5.32 Å². The van der Waals surface area contributed by atoms with E-state index in [9.17, 15) is 8.78 Å². The van der Waals surface area contributed by atoms with Gasteiger partial charge in [-0.1, -0.05) is 0 Å². The molecule has 0 atom stereocenters. The molecule has 1 heterocycles. The maximum Gasteiger partial charge on any atom is 0.150 e. The Morgan fingerprint density at radius 1 is 1.38 bits per heavy atom. The largest absolute Gasteiger partial charge is 0.376 e. The minimum Gasteiger partial charge on any atom is -0.376 e. The van der Waals surface area contributed by atoms with E-state index < -0.39 is 11.6 Å². The van der Waals surface area contributed by atoms with Gasteiger partial charge in [-0.2, -0.15) is 0 Å². The number of aromatic nitrogens is 1. The summed E-state index contributed by atoms with van der Waals surface area (Å²) in [4.78, 5) is 4.05. The maximum atomic E-state index is 13.4. The third-order valence-electron chi connectivity index (χ3n) is 1.94. The monoisotopic (exact) mass is 304 g/mol. The highest BCUT2D eigenvalue weighted by Gasteiger charge is 2.09. The molecule has 84 valence electrons. The Labute approximate surface area is 103 Å². The Balaban J connectivity index is 2.15. The molecule has 1 N–H and O–H groups in total. The highest BCUT2D eigenvalue weighted by Crippen LogP contribution is 2.27. The van der Waals surface area contributed by atoms with Crippen LogP contribution in [0.4, 0.5) is 14.5 Å². The fourth-order valence-corrected chi connectivity index (χ4v) is 2.32. The van der Waals surface area contributed by atoms with E-state index in [1.54, 1.807) is 5.51 Å². The maximum absolute atomic E-state index is 13.4. The van der Waals surface area contributed by atoms with Gasteiger partial charge in [0.05, 0.1) is 23.4 Å². The van der Waals surface area contributed by atoms with Gasteiger partial charge in [0.25, 0.3) is 0 Å². The van der Waals surface area contributed by atoms with E-state index in [1.807, 2.05) is 5.38 Å². The number of benzene rings is 1. The summed E-state index contributed by atoms with van der Waals surface area (Å²) in [6.07, 6.45) is 0. The van der Waals surface area contributed by atoms with Gasteiger partial charge in [-0.3, -0.25) is 0 Å². The number of anilines is 1. The van der Waals surface area contributed by atoms with Crippen molar-refractivity contribution in [1.29, 1.82) is 0 Å². The Morgan fingerprint density at radius 3 is 2.81 bits per heavy atom. The zero-order valence-electron chi connectivity index (χ0n) is 8.01. The summed E-state index contributed by atoms with van der Waals surface area (Å²) in [5.74, 6) is -1.23. The molecule has 2 aromatic rings. The summed E-state index contributed by atoms with van der Waals surface area (Å²) in [6, 6.07) is 2.06. The molecular weight excluding hydrogens is 298 g/mol. The van der Waals surface area contributed by atoms with E-state index in [4.69, 9.17) is 0 Å². The second kappa shape index (κ2) is 4.88. The van der Waals surface area contributed by atoms with Crippen LogP contribution in [0, 0.1) is 11.6 Å². The minimum atomic E-state index is -0.623. The van der Waals surface area contributed by atoms with Gasteiger partial charge in [0.15, 0.2) is 0 Å². The van der Waals surface area contributed by atoms with Gasteiger partial charge in [0, 0.05) is 15.9 Å². The summed E-state index contributed by atoms with van der Waals surface area (Å²) >= 11 is 4.57. The van der Waals surface area contributed by atoms with Crippen LogP contribution in [0.25, 0.3) is 0 Å². The number of hydrogen-bond donors (Lipinski definition) is 1. The van der Waals surface area contributed by atoms with Crippen LogP contribution in [-0.2, 0) is 6.54 Å². The molecule has 16 heavy (non-hydrogen) atoms. The summed E-state index contributed by atoms with van der Waals surface area (Å²) in [5.41, 5.74) is 2.77. The smallest absolute Gasteiger partial charge is 0.150 e. The summed E-state index contributed by atoms with van der Waals surface area (Å²) < 4.78 is 26.6. The predicted molar refractivity (Wildman–Crippen MR) is 63.5 cm³/mol. The third-order valence-corrected chi connectivity index (χ3v) is 3.20.